The molecule has 21 heavy (non-hydrogen) atoms. The molecule has 0 bridgehead atoms. The molecule has 0 aliphatic carbocycles. The molecule has 0 aromatic carbocycles. The predicted octanol–water partition coefficient (Wildman–Crippen LogP) is 3.43. The second kappa shape index (κ2) is 12.0. The van der Waals surface area contributed by atoms with Crippen molar-refractivity contribution in [2.75, 3.05) is 27.2 Å². The van der Waals surface area contributed by atoms with Gasteiger partial charge in [-0.3, -0.25) is 0 Å². The molecule has 0 spiro atoms. The Kier molecular flexibility index (Phi) is 11.6. The second-order valence-corrected chi connectivity index (χ2v) is 6.94. The Morgan fingerprint density at radius 2 is 1.43 bits per heavy atom. The van der Waals surface area contributed by atoms with Gasteiger partial charge in [0.15, 0.2) is 6.54 Å². The number of aliphatic carboxylic acids is 1. The van der Waals surface area contributed by atoms with E-state index in [0.717, 1.165) is 12.8 Å². The zero-order chi connectivity index (χ0) is 16.1. The van der Waals surface area contributed by atoms with E-state index in [0.29, 0.717) is 11.0 Å². The maximum Gasteiger partial charge on any atom is 0.359 e. The molecule has 1 atom stereocenters. The molecule has 126 valence electrons. The van der Waals surface area contributed by atoms with E-state index in [2.05, 4.69) is 6.92 Å². The van der Waals surface area contributed by atoms with Crippen LogP contribution >= 0.6 is 0 Å². The summed E-state index contributed by atoms with van der Waals surface area (Å²) in [5.74, 6) is -0.810. The summed E-state index contributed by atoms with van der Waals surface area (Å²) >= 11 is 0. The molecule has 0 saturated heterocycles. The third-order valence-electron chi connectivity index (χ3n) is 3.91. The standard InChI is InChI=1S/C17H35NO3/c1-4-5-6-7-8-9-10-11-12-13-16(19)14-18(2,3)15-17(20)21/h16,19H,4-15H2,1-3H3/p+1. The smallest absolute Gasteiger partial charge is 0.359 e. The molecule has 0 amide bonds. The number of rotatable bonds is 14. The van der Waals surface area contributed by atoms with Crippen LogP contribution in [0.3, 0.4) is 0 Å². The lowest BCUT2D eigenvalue weighted by Gasteiger charge is -2.30. The Hall–Kier alpha value is -0.610. The van der Waals surface area contributed by atoms with Crippen LogP contribution < -0.4 is 0 Å². The van der Waals surface area contributed by atoms with Gasteiger partial charge in [-0.15, -0.1) is 0 Å². The van der Waals surface area contributed by atoms with E-state index in [1.807, 2.05) is 14.1 Å². The number of hydrogen-bond acceptors (Lipinski definition) is 2. The minimum Gasteiger partial charge on any atom is -0.477 e. The highest BCUT2D eigenvalue weighted by Gasteiger charge is 2.23. The van der Waals surface area contributed by atoms with Gasteiger partial charge in [-0.1, -0.05) is 64.7 Å². The summed E-state index contributed by atoms with van der Waals surface area (Å²) in [6.45, 7) is 2.82. The Morgan fingerprint density at radius 3 is 1.90 bits per heavy atom. The van der Waals surface area contributed by atoms with Crippen LogP contribution in [0.2, 0.25) is 0 Å². The summed E-state index contributed by atoms with van der Waals surface area (Å²) in [7, 11) is 3.71. The van der Waals surface area contributed by atoms with Crippen molar-refractivity contribution >= 4 is 5.97 Å². The van der Waals surface area contributed by atoms with Gasteiger partial charge in [0.2, 0.25) is 0 Å². The number of carbonyl (C=O) groups is 1. The highest BCUT2D eigenvalue weighted by atomic mass is 16.4. The van der Waals surface area contributed by atoms with Crippen LogP contribution in [0.1, 0.15) is 71.1 Å². The first-order valence-electron chi connectivity index (χ1n) is 8.59. The highest BCUT2D eigenvalue weighted by molar-refractivity contribution is 5.67. The fourth-order valence-corrected chi connectivity index (χ4v) is 2.78. The Balaban J connectivity index is 3.49. The van der Waals surface area contributed by atoms with E-state index in [4.69, 9.17) is 5.11 Å². The fourth-order valence-electron chi connectivity index (χ4n) is 2.78. The van der Waals surface area contributed by atoms with Crippen molar-refractivity contribution in [2.45, 2.75) is 77.2 Å². The van der Waals surface area contributed by atoms with Gasteiger partial charge in [0.1, 0.15) is 12.6 Å². The molecule has 2 N–H and O–H groups in total. The number of carboxylic acids is 1. The summed E-state index contributed by atoms with van der Waals surface area (Å²) in [5.41, 5.74) is 0. The third kappa shape index (κ3) is 14.1. The number of aliphatic hydroxyl groups is 1. The van der Waals surface area contributed by atoms with Crippen LogP contribution in [-0.4, -0.2) is 54.0 Å². The number of nitrogens with zero attached hydrogens (tertiary/aromatic N) is 1. The fraction of sp³-hybridized carbons (Fsp3) is 0.941. The maximum atomic E-state index is 10.7. The van der Waals surface area contributed by atoms with E-state index < -0.39 is 5.97 Å². The third-order valence-corrected chi connectivity index (χ3v) is 3.91. The van der Waals surface area contributed by atoms with Gasteiger partial charge in [-0.2, -0.15) is 0 Å². The monoisotopic (exact) mass is 302 g/mol. The molecule has 1 unspecified atom stereocenters. The van der Waals surface area contributed by atoms with Crippen molar-refractivity contribution in [1.82, 2.24) is 0 Å². The van der Waals surface area contributed by atoms with Gasteiger partial charge in [0.25, 0.3) is 0 Å². The first kappa shape index (κ1) is 20.4. The zero-order valence-electron chi connectivity index (χ0n) is 14.3. The van der Waals surface area contributed by atoms with E-state index in [1.54, 1.807) is 0 Å². The van der Waals surface area contributed by atoms with Crippen LogP contribution in [0.4, 0.5) is 0 Å². The van der Waals surface area contributed by atoms with Gasteiger partial charge in [-0.05, 0) is 6.42 Å². The van der Waals surface area contributed by atoms with Crippen LogP contribution in [0, 0.1) is 0 Å². The van der Waals surface area contributed by atoms with Gasteiger partial charge in [-0.25, -0.2) is 4.79 Å². The lowest BCUT2D eigenvalue weighted by molar-refractivity contribution is -0.886. The minimum atomic E-state index is -0.810. The van der Waals surface area contributed by atoms with Crippen LogP contribution in [0.5, 0.6) is 0 Å². The first-order chi connectivity index (χ1) is 9.87. The van der Waals surface area contributed by atoms with Crippen molar-refractivity contribution in [3.8, 4) is 0 Å². The number of hydrogen-bond donors (Lipinski definition) is 2. The normalized spacial score (nSPS) is 13.3. The van der Waals surface area contributed by atoms with Crippen molar-refractivity contribution in [3.05, 3.63) is 0 Å². The van der Waals surface area contributed by atoms with Crippen molar-refractivity contribution in [2.24, 2.45) is 0 Å². The van der Waals surface area contributed by atoms with Gasteiger partial charge in [0, 0.05) is 0 Å². The average molecular weight is 302 g/mol. The average Bonchev–Trinajstić information content (AvgIpc) is 2.34. The molecule has 0 rings (SSSR count). The summed E-state index contributed by atoms with van der Waals surface area (Å²) in [6, 6.07) is 0. The molecule has 0 fully saturated rings. The SMILES string of the molecule is CCCCCCCCCCCC(O)C[N+](C)(C)CC(=O)O. The molecule has 0 heterocycles. The van der Waals surface area contributed by atoms with E-state index in [9.17, 15) is 9.90 Å². The molecular formula is C17H36NO3+. The number of carboxylic acid groups (broad SMARTS) is 1. The molecule has 0 radical (unpaired) electrons. The molecular weight excluding hydrogens is 266 g/mol. The zero-order valence-corrected chi connectivity index (χ0v) is 14.3. The summed E-state index contributed by atoms with van der Waals surface area (Å²) in [6.07, 6.45) is 11.9. The number of quaternary nitrogens is 1. The lowest BCUT2D eigenvalue weighted by atomic mass is 10.0. The van der Waals surface area contributed by atoms with Gasteiger partial charge >= 0.3 is 5.97 Å². The van der Waals surface area contributed by atoms with Crippen LogP contribution in [0.25, 0.3) is 0 Å². The first-order valence-corrected chi connectivity index (χ1v) is 8.59. The molecule has 0 aliphatic heterocycles. The van der Waals surface area contributed by atoms with Crippen LogP contribution in [-0.2, 0) is 4.79 Å². The van der Waals surface area contributed by atoms with Crippen molar-refractivity contribution in [3.63, 3.8) is 0 Å². The number of unbranched alkanes of at least 4 members (excludes halogenated alkanes) is 8. The van der Waals surface area contributed by atoms with E-state index in [-0.39, 0.29) is 12.6 Å². The molecule has 4 heteroatoms. The molecule has 0 aromatic heterocycles. The number of likely N-dealkylation sites (N-methyl/N-ethyl adjacent to an activating group) is 1. The van der Waals surface area contributed by atoms with Crippen molar-refractivity contribution in [1.29, 1.82) is 0 Å². The molecule has 0 aliphatic rings. The molecule has 4 nitrogen and oxygen atoms in total. The number of aliphatic hydroxyl groups excluding tert-OH is 1. The van der Waals surface area contributed by atoms with Crippen LogP contribution in [0.15, 0.2) is 0 Å². The lowest BCUT2D eigenvalue weighted by Crippen LogP contribution is -2.48. The minimum absolute atomic E-state index is 0.0643. The van der Waals surface area contributed by atoms with Gasteiger partial charge in [0.05, 0.1) is 14.1 Å². The summed E-state index contributed by atoms with van der Waals surface area (Å²) < 4.78 is 0.341. The second-order valence-electron chi connectivity index (χ2n) is 6.94. The Bertz CT molecular complexity index is 267. The van der Waals surface area contributed by atoms with E-state index >= 15 is 0 Å². The largest absolute Gasteiger partial charge is 0.477 e. The van der Waals surface area contributed by atoms with Gasteiger partial charge < -0.3 is 14.7 Å². The Labute approximate surface area is 130 Å². The summed E-state index contributed by atoms with van der Waals surface area (Å²) in [4.78, 5) is 10.7. The quantitative estimate of drug-likeness (QED) is 0.382. The van der Waals surface area contributed by atoms with E-state index in [1.165, 1.54) is 51.4 Å². The molecule has 0 aromatic rings. The Morgan fingerprint density at radius 1 is 0.952 bits per heavy atom. The molecule has 0 saturated carbocycles. The summed E-state index contributed by atoms with van der Waals surface area (Å²) in [5, 5.41) is 18.8. The highest BCUT2D eigenvalue weighted by Crippen LogP contribution is 2.12. The maximum absolute atomic E-state index is 10.7. The predicted molar refractivity (Wildman–Crippen MR) is 87.3 cm³/mol. The van der Waals surface area contributed by atoms with Crippen molar-refractivity contribution < 1.29 is 19.5 Å². The topological polar surface area (TPSA) is 57.5 Å².